The van der Waals surface area contributed by atoms with Crippen LogP contribution >= 0.6 is 38.9 Å². The third-order valence-electron chi connectivity index (χ3n) is 2.12. The second-order valence-corrected chi connectivity index (χ2v) is 5.17. The minimum Gasteiger partial charge on any atom is -0.384 e. The predicted molar refractivity (Wildman–Crippen MR) is 67.5 cm³/mol. The van der Waals surface area contributed by atoms with Crippen molar-refractivity contribution in [2.24, 2.45) is 0 Å². The van der Waals surface area contributed by atoms with E-state index in [1.807, 2.05) is 29.0 Å². The van der Waals surface area contributed by atoms with Gasteiger partial charge in [0.05, 0.1) is 5.02 Å². The minimum absolute atomic E-state index is 0.579. The van der Waals surface area contributed by atoms with E-state index in [4.69, 9.17) is 11.6 Å². The van der Waals surface area contributed by atoms with Crippen molar-refractivity contribution < 1.29 is 5.11 Å². The van der Waals surface area contributed by atoms with Crippen molar-refractivity contribution in [3.63, 3.8) is 0 Å². The van der Waals surface area contributed by atoms with Crippen LogP contribution in [-0.4, -0.2) is 5.11 Å². The lowest BCUT2D eigenvalue weighted by molar-refractivity contribution is 0.221. The molecule has 0 aliphatic heterocycles. The molecule has 0 spiro atoms. The van der Waals surface area contributed by atoms with Crippen LogP contribution in [0.25, 0.3) is 0 Å². The third kappa shape index (κ3) is 2.42. The van der Waals surface area contributed by atoms with Crippen molar-refractivity contribution in [1.29, 1.82) is 0 Å². The van der Waals surface area contributed by atoms with Crippen molar-refractivity contribution in [2.75, 3.05) is 0 Å². The molecule has 1 aromatic carbocycles. The number of hydrogen-bond donors (Lipinski definition) is 1. The van der Waals surface area contributed by atoms with Crippen LogP contribution in [0.15, 0.2) is 39.5 Å². The summed E-state index contributed by atoms with van der Waals surface area (Å²) in [6.45, 7) is 0. The van der Waals surface area contributed by atoms with Crippen LogP contribution in [0.2, 0.25) is 5.02 Å². The first-order chi connectivity index (χ1) is 7.18. The lowest BCUT2D eigenvalue weighted by Crippen LogP contribution is -1.97. The van der Waals surface area contributed by atoms with Gasteiger partial charge in [-0.1, -0.05) is 17.7 Å². The van der Waals surface area contributed by atoms with Crippen molar-refractivity contribution in [3.8, 4) is 0 Å². The number of aliphatic hydroxyl groups is 1. The highest BCUT2D eigenvalue weighted by Gasteiger charge is 2.11. The number of rotatable bonds is 2. The highest BCUT2D eigenvalue weighted by molar-refractivity contribution is 9.10. The van der Waals surface area contributed by atoms with Gasteiger partial charge in [-0.2, -0.15) is 11.3 Å². The van der Waals surface area contributed by atoms with Crippen LogP contribution < -0.4 is 0 Å². The Balaban J connectivity index is 2.34. The summed E-state index contributed by atoms with van der Waals surface area (Å²) in [4.78, 5) is 0. The fourth-order valence-corrected chi connectivity index (χ4v) is 2.50. The average molecular weight is 304 g/mol. The summed E-state index contributed by atoms with van der Waals surface area (Å²) in [5, 5.41) is 14.6. The smallest absolute Gasteiger partial charge is 0.105 e. The molecule has 0 radical (unpaired) electrons. The molecule has 0 bridgehead atoms. The third-order valence-corrected chi connectivity index (χ3v) is 4.03. The van der Waals surface area contributed by atoms with Gasteiger partial charge in [-0.25, -0.2) is 0 Å². The highest BCUT2D eigenvalue weighted by atomic mass is 79.9. The predicted octanol–water partition coefficient (Wildman–Crippen LogP) is 4.25. The molecule has 1 nitrogen and oxygen atoms in total. The normalized spacial score (nSPS) is 12.7. The minimum atomic E-state index is -0.579. The van der Waals surface area contributed by atoms with Crippen LogP contribution in [0, 0.1) is 0 Å². The van der Waals surface area contributed by atoms with E-state index in [0.29, 0.717) is 5.02 Å². The topological polar surface area (TPSA) is 20.2 Å². The van der Waals surface area contributed by atoms with Crippen LogP contribution in [0.4, 0.5) is 0 Å². The Kier molecular flexibility index (Phi) is 3.46. The second kappa shape index (κ2) is 4.66. The second-order valence-electron chi connectivity index (χ2n) is 3.13. The summed E-state index contributed by atoms with van der Waals surface area (Å²) >= 11 is 10.8. The fraction of sp³-hybridized carbons (Fsp3) is 0.0909. The molecule has 1 heterocycles. The molecule has 0 fully saturated rings. The zero-order chi connectivity index (χ0) is 10.8. The number of aliphatic hydroxyl groups excluding tert-OH is 1. The SMILES string of the molecule is OC(c1ccsc1)c1ccc(Cl)c(Br)c1. The van der Waals surface area contributed by atoms with E-state index in [9.17, 15) is 5.11 Å². The Bertz CT molecular complexity index is 456. The molecular weight excluding hydrogens is 296 g/mol. The molecule has 0 saturated heterocycles. The number of halogens is 2. The molecule has 1 unspecified atom stereocenters. The van der Waals surface area contributed by atoms with E-state index in [-0.39, 0.29) is 0 Å². The molecule has 2 aromatic rings. The molecular formula is C11H8BrClOS. The van der Waals surface area contributed by atoms with Crippen molar-refractivity contribution >= 4 is 38.9 Å². The molecule has 78 valence electrons. The van der Waals surface area contributed by atoms with Crippen LogP contribution in [0.3, 0.4) is 0 Å². The van der Waals surface area contributed by atoms with Gasteiger partial charge in [-0.3, -0.25) is 0 Å². The van der Waals surface area contributed by atoms with Gasteiger partial charge in [0.15, 0.2) is 0 Å². The zero-order valence-corrected chi connectivity index (χ0v) is 10.8. The maximum atomic E-state index is 10.0. The summed E-state index contributed by atoms with van der Waals surface area (Å²) < 4.78 is 0.802. The summed E-state index contributed by atoms with van der Waals surface area (Å²) in [5.41, 5.74) is 1.75. The Labute approximate surface area is 105 Å². The average Bonchev–Trinajstić information content (AvgIpc) is 2.74. The number of thiophene rings is 1. The van der Waals surface area contributed by atoms with Gasteiger partial charge in [0.1, 0.15) is 6.10 Å². The van der Waals surface area contributed by atoms with Crippen molar-refractivity contribution in [2.45, 2.75) is 6.10 Å². The molecule has 0 aliphatic rings. The highest BCUT2D eigenvalue weighted by Crippen LogP contribution is 2.29. The molecule has 0 aliphatic carbocycles. The summed E-state index contributed by atoms with van der Waals surface area (Å²) in [7, 11) is 0. The summed E-state index contributed by atoms with van der Waals surface area (Å²) in [5.74, 6) is 0. The largest absolute Gasteiger partial charge is 0.384 e. The van der Waals surface area contributed by atoms with E-state index in [1.165, 1.54) is 0 Å². The molecule has 0 saturated carbocycles. The van der Waals surface area contributed by atoms with E-state index < -0.39 is 6.10 Å². The van der Waals surface area contributed by atoms with E-state index in [0.717, 1.165) is 15.6 Å². The Morgan fingerprint density at radius 2 is 2.07 bits per heavy atom. The maximum Gasteiger partial charge on any atom is 0.105 e. The molecule has 1 N–H and O–H groups in total. The molecule has 1 atom stereocenters. The van der Waals surface area contributed by atoms with Crippen LogP contribution in [0.5, 0.6) is 0 Å². The molecule has 4 heteroatoms. The van der Waals surface area contributed by atoms with Crippen molar-refractivity contribution in [3.05, 3.63) is 55.6 Å². The van der Waals surface area contributed by atoms with Crippen molar-refractivity contribution in [1.82, 2.24) is 0 Å². The van der Waals surface area contributed by atoms with Gasteiger partial charge < -0.3 is 5.11 Å². The Hall–Kier alpha value is -0.350. The van der Waals surface area contributed by atoms with Gasteiger partial charge in [-0.05, 0) is 56.0 Å². The zero-order valence-electron chi connectivity index (χ0n) is 7.65. The summed E-state index contributed by atoms with van der Waals surface area (Å²) in [6, 6.07) is 7.36. The monoisotopic (exact) mass is 302 g/mol. The molecule has 2 rings (SSSR count). The first-order valence-corrected chi connectivity index (χ1v) is 6.45. The lowest BCUT2D eigenvalue weighted by atomic mass is 10.0. The molecule has 0 amide bonds. The van der Waals surface area contributed by atoms with E-state index in [2.05, 4.69) is 15.9 Å². The van der Waals surface area contributed by atoms with Gasteiger partial charge in [0.25, 0.3) is 0 Å². The Morgan fingerprint density at radius 1 is 1.27 bits per heavy atom. The fourth-order valence-electron chi connectivity index (χ4n) is 1.31. The number of hydrogen-bond acceptors (Lipinski definition) is 2. The lowest BCUT2D eigenvalue weighted by Gasteiger charge is -2.10. The summed E-state index contributed by atoms with van der Waals surface area (Å²) in [6.07, 6.45) is -0.579. The molecule has 1 aromatic heterocycles. The van der Waals surface area contributed by atoms with Gasteiger partial charge in [0, 0.05) is 4.47 Å². The van der Waals surface area contributed by atoms with Crippen LogP contribution in [0.1, 0.15) is 17.2 Å². The first-order valence-electron chi connectivity index (χ1n) is 4.33. The quantitative estimate of drug-likeness (QED) is 0.879. The first kappa shape index (κ1) is 11.1. The standard InChI is InChI=1S/C11H8BrClOS/c12-9-5-7(1-2-10(9)13)11(14)8-3-4-15-6-8/h1-6,11,14H. The van der Waals surface area contributed by atoms with E-state index >= 15 is 0 Å². The molecule has 15 heavy (non-hydrogen) atoms. The van der Waals surface area contributed by atoms with Gasteiger partial charge >= 0.3 is 0 Å². The van der Waals surface area contributed by atoms with Gasteiger partial charge in [-0.15, -0.1) is 0 Å². The maximum absolute atomic E-state index is 10.0. The van der Waals surface area contributed by atoms with Crippen LogP contribution in [-0.2, 0) is 0 Å². The van der Waals surface area contributed by atoms with Gasteiger partial charge in [0.2, 0.25) is 0 Å². The number of benzene rings is 1. The van der Waals surface area contributed by atoms with E-state index in [1.54, 1.807) is 17.4 Å². The Morgan fingerprint density at radius 3 is 2.67 bits per heavy atom.